The number of ether oxygens (including phenoxy) is 1. The average Bonchev–Trinajstić information content (AvgIpc) is 2.65. The van der Waals surface area contributed by atoms with E-state index in [-0.39, 0.29) is 18.1 Å². The number of aromatic nitrogens is 2. The average molecular weight is 242 g/mol. The van der Waals surface area contributed by atoms with Crippen LogP contribution in [-0.4, -0.2) is 28.1 Å². The summed E-state index contributed by atoms with van der Waals surface area (Å²) in [5.41, 5.74) is 0. The molecular formula is C10H12ClN3O2. The fourth-order valence-electron chi connectivity index (χ4n) is 1.60. The van der Waals surface area contributed by atoms with Crippen LogP contribution in [0.3, 0.4) is 0 Å². The summed E-state index contributed by atoms with van der Waals surface area (Å²) in [4.78, 5) is 19.3. The van der Waals surface area contributed by atoms with Crippen LogP contribution in [0.4, 0.5) is 5.82 Å². The van der Waals surface area contributed by atoms with Crippen LogP contribution in [-0.2, 0) is 9.53 Å². The van der Waals surface area contributed by atoms with E-state index in [9.17, 15) is 4.79 Å². The molecule has 1 aliphatic rings. The minimum Gasteiger partial charge on any atom is -0.365 e. The molecule has 1 saturated heterocycles. The third kappa shape index (κ3) is 2.68. The molecule has 0 saturated carbocycles. The van der Waals surface area contributed by atoms with Crippen LogP contribution in [0.2, 0.25) is 5.15 Å². The van der Waals surface area contributed by atoms with Crippen LogP contribution in [0, 0.1) is 0 Å². The van der Waals surface area contributed by atoms with E-state index in [0.29, 0.717) is 11.0 Å². The lowest BCUT2D eigenvalue weighted by Crippen LogP contribution is -2.28. The van der Waals surface area contributed by atoms with Gasteiger partial charge < -0.3 is 10.1 Å². The molecule has 86 valence electrons. The van der Waals surface area contributed by atoms with Gasteiger partial charge in [0.25, 0.3) is 5.91 Å². The summed E-state index contributed by atoms with van der Waals surface area (Å²) in [6, 6.07) is 1.50. The number of nitrogens with one attached hydrogen (secondary N) is 1. The third-order valence-corrected chi connectivity index (χ3v) is 2.62. The number of nitrogens with zero attached hydrogens (tertiary/aromatic N) is 2. The van der Waals surface area contributed by atoms with E-state index >= 15 is 0 Å². The standard InChI is InChI=1S/C10H12ClN3O2/c1-6-2-3-7(16-6)10(15)14-9-4-8(11)12-5-13-9/h4-7H,2-3H2,1H3,(H,12,13,14,15). The highest BCUT2D eigenvalue weighted by Crippen LogP contribution is 2.20. The fourth-order valence-corrected chi connectivity index (χ4v) is 1.75. The first-order valence-corrected chi connectivity index (χ1v) is 5.47. The SMILES string of the molecule is CC1CCC(C(=O)Nc2cc(Cl)ncn2)O1. The van der Waals surface area contributed by atoms with Crippen molar-refractivity contribution in [3.8, 4) is 0 Å². The van der Waals surface area contributed by atoms with E-state index in [1.54, 1.807) is 0 Å². The Hall–Kier alpha value is -1.20. The van der Waals surface area contributed by atoms with Gasteiger partial charge in [0.05, 0.1) is 6.10 Å². The van der Waals surface area contributed by atoms with Gasteiger partial charge in [-0.2, -0.15) is 0 Å². The lowest BCUT2D eigenvalue weighted by Gasteiger charge is -2.10. The summed E-state index contributed by atoms with van der Waals surface area (Å²) in [7, 11) is 0. The normalized spacial score (nSPS) is 24.4. The molecule has 0 aromatic carbocycles. The van der Waals surface area contributed by atoms with Crippen molar-refractivity contribution in [2.45, 2.75) is 32.0 Å². The van der Waals surface area contributed by atoms with E-state index in [2.05, 4.69) is 15.3 Å². The highest BCUT2D eigenvalue weighted by atomic mass is 35.5. The van der Waals surface area contributed by atoms with Crippen molar-refractivity contribution >= 4 is 23.3 Å². The van der Waals surface area contributed by atoms with Crippen LogP contribution >= 0.6 is 11.6 Å². The Morgan fingerprint density at radius 1 is 1.56 bits per heavy atom. The Balaban J connectivity index is 1.97. The summed E-state index contributed by atoms with van der Waals surface area (Å²) >= 11 is 5.68. The summed E-state index contributed by atoms with van der Waals surface area (Å²) in [6.07, 6.45) is 2.71. The van der Waals surface area contributed by atoms with Gasteiger partial charge in [-0.1, -0.05) is 11.6 Å². The molecule has 1 aliphatic heterocycles. The maximum Gasteiger partial charge on any atom is 0.254 e. The minimum absolute atomic E-state index is 0.143. The molecule has 1 aromatic rings. The fraction of sp³-hybridized carbons (Fsp3) is 0.500. The van der Waals surface area contributed by atoms with Gasteiger partial charge >= 0.3 is 0 Å². The zero-order valence-electron chi connectivity index (χ0n) is 8.81. The van der Waals surface area contributed by atoms with Crippen LogP contribution in [0.15, 0.2) is 12.4 Å². The van der Waals surface area contributed by atoms with Gasteiger partial charge in [0, 0.05) is 6.07 Å². The molecule has 0 aliphatic carbocycles. The Morgan fingerprint density at radius 3 is 3.00 bits per heavy atom. The summed E-state index contributed by atoms with van der Waals surface area (Å²) in [5.74, 6) is 0.215. The van der Waals surface area contributed by atoms with Crippen molar-refractivity contribution in [1.82, 2.24) is 9.97 Å². The maximum atomic E-state index is 11.7. The topological polar surface area (TPSA) is 64.1 Å². The van der Waals surface area contributed by atoms with E-state index in [1.807, 2.05) is 6.92 Å². The van der Waals surface area contributed by atoms with Crippen molar-refractivity contribution in [3.63, 3.8) is 0 Å². The van der Waals surface area contributed by atoms with E-state index in [1.165, 1.54) is 12.4 Å². The van der Waals surface area contributed by atoms with E-state index in [4.69, 9.17) is 16.3 Å². The van der Waals surface area contributed by atoms with Gasteiger partial charge in [0.1, 0.15) is 23.4 Å². The second-order valence-corrected chi connectivity index (χ2v) is 4.12. The molecule has 2 atom stereocenters. The van der Waals surface area contributed by atoms with Crippen molar-refractivity contribution in [2.24, 2.45) is 0 Å². The van der Waals surface area contributed by atoms with Gasteiger partial charge in [-0.05, 0) is 19.8 Å². The number of amides is 1. The van der Waals surface area contributed by atoms with Gasteiger partial charge in [-0.15, -0.1) is 0 Å². The quantitative estimate of drug-likeness (QED) is 0.800. The molecule has 1 aromatic heterocycles. The van der Waals surface area contributed by atoms with Gasteiger partial charge in [0.2, 0.25) is 0 Å². The lowest BCUT2D eigenvalue weighted by atomic mass is 10.2. The van der Waals surface area contributed by atoms with Crippen LogP contribution in [0.1, 0.15) is 19.8 Å². The van der Waals surface area contributed by atoms with Gasteiger partial charge in [0.15, 0.2) is 0 Å². The number of hydrogen-bond donors (Lipinski definition) is 1. The number of anilines is 1. The smallest absolute Gasteiger partial charge is 0.254 e. The first-order chi connectivity index (χ1) is 7.65. The lowest BCUT2D eigenvalue weighted by molar-refractivity contribution is -0.126. The van der Waals surface area contributed by atoms with Crippen molar-refractivity contribution in [1.29, 1.82) is 0 Å². The predicted molar refractivity (Wildman–Crippen MR) is 59.2 cm³/mol. The summed E-state index contributed by atoms with van der Waals surface area (Å²) in [5, 5.41) is 2.94. The molecular weight excluding hydrogens is 230 g/mol. The largest absolute Gasteiger partial charge is 0.365 e. The number of carbonyl (C=O) groups is 1. The molecule has 0 bridgehead atoms. The first-order valence-electron chi connectivity index (χ1n) is 5.09. The first kappa shape index (κ1) is 11.3. The van der Waals surface area contributed by atoms with E-state index < -0.39 is 0 Å². The van der Waals surface area contributed by atoms with Crippen molar-refractivity contribution < 1.29 is 9.53 Å². The van der Waals surface area contributed by atoms with Gasteiger partial charge in [-0.3, -0.25) is 4.79 Å². The zero-order valence-corrected chi connectivity index (χ0v) is 9.57. The Labute approximate surface area is 98.2 Å². The highest BCUT2D eigenvalue weighted by molar-refractivity contribution is 6.29. The highest BCUT2D eigenvalue weighted by Gasteiger charge is 2.28. The second kappa shape index (κ2) is 4.76. The molecule has 2 unspecified atom stereocenters. The summed E-state index contributed by atoms with van der Waals surface area (Å²) in [6.45, 7) is 1.95. The van der Waals surface area contributed by atoms with E-state index in [0.717, 1.165) is 12.8 Å². The molecule has 2 rings (SSSR count). The summed E-state index contributed by atoms with van der Waals surface area (Å²) < 4.78 is 5.44. The molecule has 0 spiro atoms. The molecule has 1 N–H and O–H groups in total. The van der Waals surface area contributed by atoms with Crippen molar-refractivity contribution in [3.05, 3.63) is 17.5 Å². The molecule has 16 heavy (non-hydrogen) atoms. The Morgan fingerprint density at radius 2 is 2.38 bits per heavy atom. The third-order valence-electron chi connectivity index (χ3n) is 2.41. The Kier molecular flexibility index (Phi) is 3.36. The Bertz CT molecular complexity index is 399. The zero-order chi connectivity index (χ0) is 11.5. The minimum atomic E-state index is -0.385. The molecule has 1 amide bonds. The molecule has 6 heteroatoms. The van der Waals surface area contributed by atoms with Crippen LogP contribution in [0.5, 0.6) is 0 Å². The number of rotatable bonds is 2. The predicted octanol–water partition coefficient (Wildman–Crippen LogP) is 1.64. The van der Waals surface area contributed by atoms with Gasteiger partial charge in [-0.25, -0.2) is 9.97 Å². The number of halogens is 1. The second-order valence-electron chi connectivity index (χ2n) is 3.73. The molecule has 2 heterocycles. The molecule has 5 nitrogen and oxygen atoms in total. The molecule has 1 fully saturated rings. The van der Waals surface area contributed by atoms with Crippen molar-refractivity contribution in [2.75, 3.05) is 5.32 Å². The maximum absolute atomic E-state index is 11.7. The molecule has 0 radical (unpaired) electrons. The number of carbonyl (C=O) groups excluding carboxylic acids is 1. The number of hydrogen-bond acceptors (Lipinski definition) is 4. The van der Waals surface area contributed by atoms with Crippen LogP contribution < -0.4 is 5.32 Å². The monoisotopic (exact) mass is 241 g/mol. The van der Waals surface area contributed by atoms with Crippen LogP contribution in [0.25, 0.3) is 0 Å².